The van der Waals surface area contributed by atoms with E-state index in [2.05, 4.69) is 5.32 Å². The number of alkyl halides is 3. The number of aryl methyl sites for hydroxylation is 2. The SMILES string of the molecule is Cc1cc(OCC(=O)Nc2cc(C(F)(F)F)ccc2Cl)cc(C)c1Cl. The molecule has 0 spiro atoms. The molecule has 2 aromatic carbocycles. The molecule has 0 atom stereocenters. The maximum Gasteiger partial charge on any atom is 0.416 e. The molecule has 0 radical (unpaired) electrons. The van der Waals surface area contributed by atoms with Gasteiger partial charge in [-0.15, -0.1) is 0 Å². The number of anilines is 1. The van der Waals surface area contributed by atoms with E-state index >= 15 is 0 Å². The van der Waals surface area contributed by atoms with Crippen molar-refractivity contribution in [2.75, 3.05) is 11.9 Å². The predicted molar refractivity (Wildman–Crippen MR) is 91.5 cm³/mol. The van der Waals surface area contributed by atoms with Gasteiger partial charge in [0.05, 0.1) is 16.3 Å². The summed E-state index contributed by atoms with van der Waals surface area (Å²) in [4.78, 5) is 11.9. The van der Waals surface area contributed by atoms with Crippen LogP contribution in [-0.2, 0) is 11.0 Å². The van der Waals surface area contributed by atoms with Crippen LogP contribution in [0.4, 0.5) is 18.9 Å². The fraction of sp³-hybridized carbons (Fsp3) is 0.235. The van der Waals surface area contributed by atoms with E-state index in [0.717, 1.165) is 29.3 Å². The fourth-order valence-electron chi connectivity index (χ4n) is 2.12. The Labute approximate surface area is 152 Å². The van der Waals surface area contributed by atoms with Crippen LogP contribution in [0.5, 0.6) is 5.75 Å². The van der Waals surface area contributed by atoms with Crippen molar-refractivity contribution in [1.82, 2.24) is 0 Å². The minimum absolute atomic E-state index is 0.000434. The lowest BCUT2D eigenvalue weighted by molar-refractivity contribution is -0.137. The molecular weight excluding hydrogens is 378 g/mol. The standard InChI is InChI=1S/C17H14Cl2F3NO2/c1-9-5-12(6-10(2)16(9)19)25-8-15(24)23-14-7-11(17(20,21)22)3-4-13(14)18/h3-7H,8H2,1-2H3,(H,23,24). The molecule has 3 nitrogen and oxygen atoms in total. The normalized spacial score (nSPS) is 11.3. The smallest absolute Gasteiger partial charge is 0.416 e. The quantitative estimate of drug-likeness (QED) is 0.731. The Morgan fingerprint density at radius 3 is 2.28 bits per heavy atom. The molecule has 2 rings (SSSR count). The number of rotatable bonds is 4. The minimum atomic E-state index is -4.53. The molecule has 25 heavy (non-hydrogen) atoms. The summed E-state index contributed by atoms with van der Waals surface area (Å²) in [6, 6.07) is 6.02. The van der Waals surface area contributed by atoms with Crippen LogP contribution in [0.1, 0.15) is 16.7 Å². The third kappa shape index (κ3) is 5.03. The molecule has 0 aromatic heterocycles. The summed E-state index contributed by atoms with van der Waals surface area (Å²) in [7, 11) is 0. The Kier molecular flexibility index (Phi) is 5.85. The van der Waals surface area contributed by atoms with Crippen molar-refractivity contribution >= 4 is 34.8 Å². The van der Waals surface area contributed by atoms with Crippen LogP contribution < -0.4 is 10.1 Å². The molecule has 0 saturated heterocycles. The minimum Gasteiger partial charge on any atom is -0.484 e. The molecule has 134 valence electrons. The Hall–Kier alpha value is -1.92. The summed E-state index contributed by atoms with van der Waals surface area (Å²) in [5, 5.41) is 2.92. The Bertz CT molecular complexity index is 784. The van der Waals surface area contributed by atoms with Crippen LogP contribution in [0, 0.1) is 13.8 Å². The molecular formula is C17H14Cl2F3NO2. The van der Waals surface area contributed by atoms with E-state index in [0.29, 0.717) is 10.8 Å². The van der Waals surface area contributed by atoms with E-state index in [1.54, 1.807) is 26.0 Å². The number of amides is 1. The molecule has 0 heterocycles. The van der Waals surface area contributed by atoms with E-state index in [1.807, 2.05) is 0 Å². The van der Waals surface area contributed by atoms with Gasteiger partial charge in [0.2, 0.25) is 0 Å². The number of nitrogens with one attached hydrogen (secondary N) is 1. The van der Waals surface area contributed by atoms with Gasteiger partial charge in [0.15, 0.2) is 6.61 Å². The molecule has 0 bridgehead atoms. The van der Waals surface area contributed by atoms with E-state index in [9.17, 15) is 18.0 Å². The molecule has 0 saturated carbocycles. The van der Waals surface area contributed by atoms with Crippen molar-refractivity contribution in [3.05, 3.63) is 57.1 Å². The zero-order chi connectivity index (χ0) is 18.8. The number of ether oxygens (including phenoxy) is 1. The molecule has 0 aliphatic rings. The number of hydrogen-bond acceptors (Lipinski definition) is 2. The molecule has 0 aliphatic heterocycles. The van der Waals surface area contributed by atoms with E-state index in [-0.39, 0.29) is 17.3 Å². The first-order valence-corrected chi connectivity index (χ1v) is 7.89. The first-order valence-electron chi connectivity index (χ1n) is 7.14. The highest BCUT2D eigenvalue weighted by Crippen LogP contribution is 2.33. The van der Waals surface area contributed by atoms with Gasteiger partial charge in [-0.25, -0.2) is 0 Å². The summed E-state index contributed by atoms with van der Waals surface area (Å²) < 4.78 is 43.5. The van der Waals surface area contributed by atoms with Gasteiger partial charge >= 0.3 is 6.18 Å². The first kappa shape index (κ1) is 19.4. The largest absolute Gasteiger partial charge is 0.484 e. The van der Waals surface area contributed by atoms with Gasteiger partial charge in [0.1, 0.15) is 5.75 Å². The number of halogens is 5. The van der Waals surface area contributed by atoms with E-state index in [4.69, 9.17) is 27.9 Å². The zero-order valence-corrected chi connectivity index (χ0v) is 14.8. The van der Waals surface area contributed by atoms with Gasteiger partial charge in [0.25, 0.3) is 5.91 Å². The van der Waals surface area contributed by atoms with Crippen molar-refractivity contribution in [2.45, 2.75) is 20.0 Å². The third-order valence-corrected chi connectivity index (χ3v) is 4.27. The van der Waals surface area contributed by atoms with E-state index < -0.39 is 17.6 Å². The van der Waals surface area contributed by atoms with Crippen LogP contribution >= 0.6 is 23.2 Å². The summed E-state index contributed by atoms with van der Waals surface area (Å²) >= 11 is 11.9. The third-order valence-electron chi connectivity index (χ3n) is 3.35. The molecule has 0 unspecified atom stereocenters. The molecule has 1 N–H and O–H groups in total. The highest BCUT2D eigenvalue weighted by atomic mass is 35.5. The average molecular weight is 392 g/mol. The zero-order valence-electron chi connectivity index (χ0n) is 13.3. The number of carbonyl (C=O) groups excluding carboxylic acids is 1. The maximum absolute atomic E-state index is 12.7. The van der Waals surface area contributed by atoms with Gasteiger partial charge in [-0.3, -0.25) is 4.79 Å². The number of benzene rings is 2. The summed E-state index contributed by atoms with van der Waals surface area (Å²) in [6.07, 6.45) is -4.53. The van der Waals surface area contributed by atoms with Gasteiger partial charge in [-0.05, 0) is 55.3 Å². The second-order valence-corrected chi connectivity index (χ2v) is 6.19. The van der Waals surface area contributed by atoms with Crippen molar-refractivity contribution in [1.29, 1.82) is 0 Å². The van der Waals surface area contributed by atoms with Gasteiger partial charge < -0.3 is 10.1 Å². The summed E-state index contributed by atoms with van der Waals surface area (Å²) in [6.45, 7) is 3.21. The first-order chi connectivity index (χ1) is 11.6. The Balaban J connectivity index is 2.06. The van der Waals surface area contributed by atoms with Crippen molar-refractivity contribution in [3.63, 3.8) is 0 Å². The number of hydrogen-bond donors (Lipinski definition) is 1. The molecule has 1 amide bonds. The van der Waals surface area contributed by atoms with Crippen LogP contribution in [0.25, 0.3) is 0 Å². The maximum atomic E-state index is 12.7. The Morgan fingerprint density at radius 1 is 1.12 bits per heavy atom. The van der Waals surface area contributed by atoms with Gasteiger partial charge in [-0.2, -0.15) is 13.2 Å². The van der Waals surface area contributed by atoms with E-state index in [1.165, 1.54) is 0 Å². The molecule has 8 heteroatoms. The van der Waals surface area contributed by atoms with Crippen molar-refractivity contribution in [3.8, 4) is 5.75 Å². The van der Waals surface area contributed by atoms with Gasteiger partial charge in [0, 0.05) is 5.02 Å². The van der Waals surface area contributed by atoms with Crippen LogP contribution in [0.3, 0.4) is 0 Å². The molecule has 0 aliphatic carbocycles. The highest BCUT2D eigenvalue weighted by Gasteiger charge is 2.31. The number of carbonyl (C=O) groups is 1. The molecule has 2 aromatic rings. The topological polar surface area (TPSA) is 38.3 Å². The van der Waals surface area contributed by atoms with Crippen LogP contribution in [-0.4, -0.2) is 12.5 Å². The Morgan fingerprint density at radius 2 is 1.72 bits per heavy atom. The second-order valence-electron chi connectivity index (χ2n) is 5.40. The second kappa shape index (κ2) is 7.54. The highest BCUT2D eigenvalue weighted by molar-refractivity contribution is 6.33. The van der Waals surface area contributed by atoms with Crippen molar-refractivity contribution in [2.24, 2.45) is 0 Å². The average Bonchev–Trinajstić information content (AvgIpc) is 2.51. The predicted octanol–water partition coefficient (Wildman–Crippen LogP) is 5.65. The molecule has 0 fully saturated rings. The summed E-state index contributed by atoms with van der Waals surface area (Å²) in [5.41, 5.74) is 0.543. The lowest BCUT2D eigenvalue weighted by Gasteiger charge is -2.13. The van der Waals surface area contributed by atoms with Crippen LogP contribution in [0.2, 0.25) is 10.0 Å². The van der Waals surface area contributed by atoms with Gasteiger partial charge in [-0.1, -0.05) is 23.2 Å². The summed E-state index contributed by atoms with van der Waals surface area (Å²) in [5.74, 6) is -0.198. The monoisotopic (exact) mass is 391 g/mol. The van der Waals surface area contributed by atoms with Crippen molar-refractivity contribution < 1.29 is 22.7 Å². The lowest BCUT2D eigenvalue weighted by Crippen LogP contribution is -2.21. The lowest BCUT2D eigenvalue weighted by atomic mass is 10.1. The van der Waals surface area contributed by atoms with Crippen LogP contribution in [0.15, 0.2) is 30.3 Å². The fourth-order valence-corrected chi connectivity index (χ4v) is 2.40.